The van der Waals surface area contributed by atoms with E-state index in [0.717, 1.165) is 21.3 Å². The Labute approximate surface area is 205 Å². The topological polar surface area (TPSA) is 108 Å². The highest BCUT2D eigenvalue weighted by molar-refractivity contribution is 7.20. The third-order valence-electron chi connectivity index (χ3n) is 5.94. The lowest BCUT2D eigenvalue weighted by Gasteiger charge is -2.33. The minimum atomic E-state index is -0.128. The fourth-order valence-corrected chi connectivity index (χ4v) is 5.11. The first-order chi connectivity index (χ1) is 16.9. The van der Waals surface area contributed by atoms with Crippen LogP contribution in [0.4, 0.5) is 11.6 Å². The molecule has 0 saturated carbocycles. The second-order valence-corrected chi connectivity index (χ2v) is 9.60. The summed E-state index contributed by atoms with van der Waals surface area (Å²) in [7, 11) is 0. The molecular weight excluding hydrogens is 464 g/mol. The van der Waals surface area contributed by atoms with Crippen molar-refractivity contribution in [2.24, 2.45) is 0 Å². The molecular formula is C25H24N6O3S. The van der Waals surface area contributed by atoms with Crippen molar-refractivity contribution in [1.29, 1.82) is 0 Å². The van der Waals surface area contributed by atoms with E-state index in [1.54, 1.807) is 29.8 Å². The Balaban J connectivity index is 1.41. The van der Waals surface area contributed by atoms with Gasteiger partial charge in [-0.1, -0.05) is 12.1 Å². The van der Waals surface area contributed by atoms with Gasteiger partial charge in [-0.05, 0) is 36.8 Å². The second-order valence-electron chi connectivity index (χ2n) is 8.57. The first-order valence-electron chi connectivity index (χ1n) is 11.3. The first kappa shape index (κ1) is 22.9. The monoisotopic (exact) mass is 488 g/mol. The van der Waals surface area contributed by atoms with Gasteiger partial charge in [-0.25, -0.2) is 15.0 Å². The summed E-state index contributed by atoms with van der Waals surface area (Å²) in [5.41, 5.74) is 3.03. The highest BCUT2D eigenvalue weighted by Gasteiger charge is 2.26. The molecule has 1 aliphatic rings. The average Bonchev–Trinajstić information content (AvgIpc) is 3.28. The van der Waals surface area contributed by atoms with E-state index in [1.807, 2.05) is 36.4 Å². The van der Waals surface area contributed by atoms with E-state index in [-0.39, 0.29) is 17.6 Å². The number of carbonyl (C=O) groups excluding carboxylic acids is 3. The number of nitrogens with one attached hydrogen (secondary N) is 1. The number of Topliss-reactive ketones (excluding diaryl/α,β-unsaturated/α-hetero) is 1. The zero-order valence-electron chi connectivity index (χ0n) is 19.4. The van der Waals surface area contributed by atoms with Crippen molar-refractivity contribution in [2.75, 3.05) is 31.5 Å². The molecule has 5 rings (SSSR count). The number of aromatic nitrogens is 3. The standard InChI is InChI=1S/C25H24N6O3S/c1-15(32)12-17-4-3-5-19(13-17)27-25-26-14-18-6-7-20-22(21(18)29-25)28-23(35-20)24(34)31-10-8-30(9-11-31)16(2)33/h3-7,13-14H,8-12H2,1-2H3,(H,26,27,29). The predicted molar refractivity (Wildman–Crippen MR) is 135 cm³/mol. The number of thiazole rings is 1. The van der Waals surface area contributed by atoms with E-state index >= 15 is 0 Å². The first-order valence-corrected chi connectivity index (χ1v) is 12.2. The van der Waals surface area contributed by atoms with Gasteiger partial charge < -0.3 is 15.1 Å². The summed E-state index contributed by atoms with van der Waals surface area (Å²) < 4.78 is 0.872. The highest BCUT2D eigenvalue weighted by atomic mass is 32.1. The Morgan fingerprint density at radius 3 is 2.49 bits per heavy atom. The van der Waals surface area contributed by atoms with Crippen LogP contribution in [-0.4, -0.2) is 68.5 Å². The van der Waals surface area contributed by atoms with Crippen LogP contribution >= 0.6 is 11.3 Å². The molecule has 3 heterocycles. The van der Waals surface area contributed by atoms with E-state index in [1.165, 1.54) is 11.3 Å². The van der Waals surface area contributed by atoms with E-state index in [4.69, 9.17) is 0 Å². The number of benzene rings is 2. The lowest BCUT2D eigenvalue weighted by atomic mass is 10.1. The molecule has 1 N–H and O–H groups in total. The molecule has 1 fully saturated rings. The Kier molecular flexibility index (Phi) is 6.12. The number of hydrogen-bond donors (Lipinski definition) is 1. The number of piperazine rings is 1. The van der Waals surface area contributed by atoms with E-state index in [2.05, 4.69) is 20.3 Å². The molecule has 1 aliphatic heterocycles. The van der Waals surface area contributed by atoms with Gasteiger partial charge in [-0.15, -0.1) is 11.3 Å². The fourth-order valence-electron chi connectivity index (χ4n) is 4.17. The van der Waals surface area contributed by atoms with Gasteiger partial charge in [0.2, 0.25) is 11.9 Å². The molecule has 178 valence electrons. The molecule has 0 aliphatic carbocycles. The van der Waals surface area contributed by atoms with Crippen LogP contribution in [0.15, 0.2) is 42.6 Å². The van der Waals surface area contributed by atoms with E-state index < -0.39 is 0 Å². The van der Waals surface area contributed by atoms with Crippen molar-refractivity contribution in [3.63, 3.8) is 0 Å². The molecule has 2 aromatic heterocycles. The highest BCUT2D eigenvalue weighted by Crippen LogP contribution is 2.30. The maximum Gasteiger partial charge on any atom is 0.282 e. The molecule has 9 nitrogen and oxygen atoms in total. The SMILES string of the molecule is CC(=O)Cc1cccc(Nc2ncc3ccc4sc(C(=O)N5CCN(C(C)=O)CC5)nc4c3n2)c1. The molecule has 35 heavy (non-hydrogen) atoms. The van der Waals surface area contributed by atoms with Crippen LogP contribution < -0.4 is 5.32 Å². The van der Waals surface area contributed by atoms with Gasteiger partial charge in [0.15, 0.2) is 5.01 Å². The molecule has 10 heteroatoms. The smallest absolute Gasteiger partial charge is 0.282 e. The molecule has 0 unspecified atom stereocenters. The lowest BCUT2D eigenvalue weighted by Crippen LogP contribution is -2.50. The van der Waals surface area contributed by atoms with Gasteiger partial charge in [0.05, 0.1) is 4.70 Å². The third-order valence-corrected chi connectivity index (χ3v) is 6.95. The summed E-state index contributed by atoms with van der Waals surface area (Å²) >= 11 is 1.34. The second kappa shape index (κ2) is 9.38. The van der Waals surface area contributed by atoms with Crippen LogP contribution in [0.25, 0.3) is 21.1 Å². The minimum Gasteiger partial charge on any atom is -0.339 e. The van der Waals surface area contributed by atoms with Crippen LogP contribution in [0.3, 0.4) is 0 Å². The zero-order chi connectivity index (χ0) is 24.5. The summed E-state index contributed by atoms with van der Waals surface area (Å²) in [5, 5.41) is 4.44. The van der Waals surface area contributed by atoms with Gasteiger partial charge in [0, 0.05) is 56.8 Å². The Hall–Kier alpha value is -3.92. The number of rotatable bonds is 5. The van der Waals surface area contributed by atoms with Crippen molar-refractivity contribution in [2.45, 2.75) is 20.3 Å². The third kappa shape index (κ3) is 4.83. The van der Waals surface area contributed by atoms with Crippen molar-refractivity contribution < 1.29 is 14.4 Å². The number of ketones is 1. The maximum absolute atomic E-state index is 13.1. The van der Waals surface area contributed by atoms with Crippen molar-refractivity contribution >= 4 is 61.7 Å². The number of amides is 2. The summed E-state index contributed by atoms with van der Waals surface area (Å²) in [6, 6.07) is 11.4. The number of nitrogens with zero attached hydrogens (tertiary/aromatic N) is 5. The fraction of sp³-hybridized carbons (Fsp3) is 0.280. The van der Waals surface area contributed by atoms with Crippen LogP contribution in [0, 0.1) is 0 Å². The molecule has 0 radical (unpaired) electrons. The number of carbonyl (C=O) groups is 3. The quantitative estimate of drug-likeness (QED) is 0.459. The van der Waals surface area contributed by atoms with Crippen molar-refractivity contribution in [3.8, 4) is 0 Å². The lowest BCUT2D eigenvalue weighted by molar-refractivity contribution is -0.130. The van der Waals surface area contributed by atoms with Crippen molar-refractivity contribution in [1.82, 2.24) is 24.8 Å². The van der Waals surface area contributed by atoms with Gasteiger partial charge >= 0.3 is 0 Å². The molecule has 0 spiro atoms. The molecule has 4 aromatic rings. The van der Waals surface area contributed by atoms with Crippen molar-refractivity contribution in [3.05, 3.63) is 53.2 Å². The van der Waals surface area contributed by atoms with Gasteiger partial charge in [-0.2, -0.15) is 0 Å². The van der Waals surface area contributed by atoms with Gasteiger partial charge in [-0.3, -0.25) is 14.4 Å². The maximum atomic E-state index is 13.1. The van der Waals surface area contributed by atoms with Crippen LogP contribution in [0.1, 0.15) is 29.2 Å². The average molecular weight is 489 g/mol. The van der Waals surface area contributed by atoms with Gasteiger partial charge in [0.1, 0.15) is 16.8 Å². The van der Waals surface area contributed by atoms with E-state index in [0.29, 0.717) is 54.6 Å². The molecule has 2 amide bonds. The minimum absolute atomic E-state index is 0.0261. The zero-order valence-corrected chi connectivity index (χ0v) is 20.3. The summed E-state index contributed by atoms with van der Waals surface area (Å²) in [5.74, 6) is 0.405. The molecule has 2 aromatic carbocycles. The summed E-state index contributed by atoms with van der Waals surface area (Å²) in [4.78, 5) is 53.4. The number of hydrogen-bond acceptors (Lipinski definition) is 8. The van der Waals surface area contributed by atoms with Crippen LogP contribution in [0.5, 0.6) is 0 Å². The Bertz CT molecular complexity index is 1460. The number of fused-ring (bicyclic) bond motifs is 3. The number of anilines is 2. The van der Waals surface area contributed by atoms with Crippen LogP contribution in [-0.2, 0) is 16.0 Å². The molecule has 0 bridgehead atoms. The van der Waals surface area contributed by atoms with Gasteiger partial charge in [0.25, 0.3) is 5.91 Å². The molecule has 0 atom stereocenters. The van der Waals surface area contributed by atoms with E-state index in [9.17, 15) is 14.4 Å². The normalized spacial score (nSPS) is 13.9. The predicted octanol–water partition coefficient (Wildman–Crippen LogP) is 3.42. The summed E-state index contributed by atoms with van der Waals surface area (Å²) in [6.45, 7) is 5.16. The largest absolute Gasteiger partial charge is 0.339 e. The summed E-state index contributed by atoms with van der Waals surface area (Å²) in [6.07, 6.45) is 2.10. The molecule has 1 saturated heterocycles. The Morgan fingerprint density at radius 1 is 0.971 bits per heavy atom. The van der Waals surface area contributed by atoms with Crippen LogP contribution in [0.2, 0.25) is 0 Å². The Morgan fingerprint density at radius 2 is 1.74 bits per heavy atom.